The van der Waals surface area contributed by atoms with Crippen molar-refractivity contribution in [1.82, 2.24) is 5.32 Å². The third-order valence-corrected chi connectivity index (χ3v) is 3.24. The largest absolute Gasteiger partial charge is 1.00 e. The molecule has 1 amide bonds. The van der Waals surface area contributed by atoms with E-state index in [1.807, 2.05) is 18.2 Å². The first-order valence-corrected chi connectivity index (χ1v) is 6.18. The van der Waals surface area contributed by atoms with Crippen molar-refractivity contribution in [2.24, 2.45) is 0 Å². The van der Waals surface area contributed by atoms with Gasteiger partial charge in [0.2, 0.25) is 0 Å². The Bertz CT molecular complexity index is 458. The predicted octanol–water partition coefficient (Wildman–Crippen LogP) is -0.815. The number of quaternary nitrogens is 1. The van der Waals surface area contributed by atoms with Gasteiger partial charge in [-0.25, -0.2) is 4.79 Å². The molecule has 0 heterocycles. The monoisotopic (exact) mass is 394 g/mol. The molecule has 0 aromatic heterocycles. The Morgan fingerprint density at radius 3 is 2.30 bits per heavy atom. The number of methoxy groups -OCH3 is 1. The van der Waals surface area contributed by atoms with E-state index in [0.717, 1.165) is 10.0 Å². The molecule has 1 aromatic rings. The number of hydrogen-bond donors (Lipinski definition) is 1. The van der Waals surface area contributed by atoms with Crippen LogP contribution in [0.5, 0.6) is 11.5 Å². The van der Waals surface area contributed by atoms with E-state index in [2.05, 4.69) is 33.4 Å². The number of amides is 1. The molecule has 0 aliphatic rings. The van der Waals surface area contributed by atoms with Gasteiger partial charge in [0.15, 0.2) is 11.5 Å². The van der Waals surface area contributed by atoms with Gasteiger partial charge in [0.1, 0.15) is 6.04 Å². The molecule has 5 nitrogen and oxygen atoms in total. The number of ether oxygens (including phenoxy) is 2. The number of carbonyl (C=O) groups excluding carboxylic acids is 1. The van der Waals surface area contributed by atoms with Gasteiger partial charge in [-0.1, -0.05) is 0 Å². The maximum absolute atomic E-state index is 11.3. The molecule has 0 aliphatic carbocycles. The number of nitrogens with one attached hydrogen (secondary N) is 1. The van der Waals surface area contributed by atoms with Crippen molar-refractivity contribution in [2.45, 2.75) is 13.0 Å². The van der Waals surface area contributed by atoms with Crippen LogP contribution in [0.2, 0.25) is 0 Å². The van der Waals surface area contributed by atoms with E-state index in [1.54, 1.807) is 7.11 Å². The van der Waals surface area contributed by atoms with Crippen LogP contribution in [0.15, 0.2) is 18.2 Å². The highest BCUT2D eigenvalue weighted by Crippen LogP contribution is 2.32. The van der Waals surface area contributed by atoms with Gasteiger partial charge < -0.3 is 43.3 Å². The molecule has 1 aromatic carbocycles. The van der Waals surface area contributed by atoms with Gasteiger partial charge in [-0.3, -0.25) is 0 Å². The van der Waals surface area contributed by atoms with E-state index in [-0.39, 0.29) is 30.0 Å². The van der Waals surface area contributed by atoms with Crippen LogP contribution in [0.25, 0.3) is 0 Å². The second-order valence-electron chi connectivity index (χ2n) is 5.34. The normalized spacial score (nSPS) is 12.1. The minimum Gasteiger partial charge on any atom is -1.00 e. The lowest BCUT2D eigenvalue weighted by atomic mass is 10.1. The molecule has 1 rings (SSSR count). The number of rotatable bonds is 4. The molecule has 1 N–H and O–H groups in total. The molecule has 6 heteroatoms. The minimum absolute atomic E-state index is 0. The zero-order valence-corrected chi connectivity index (χ0v) is 15.0. The fourth-order valence-electron chi connectivity index (χ4n) is 1.63. The number of carbonyl (C=O) groups is 1. The van der Waals surface area contributed by atoms with Crippen molar-refractivity contribution in [1.29, 1.82) is 0 Å². The van der Waals surface area contributed by atoms with Crippen molar-refractivity contribution in [3.05, 3.63) is 23.8 Å². The summed E-state index contributed by atoms with van der Waals surface area (Å²) in [5.74, 6) is 0.973. The molecule has 1 atom stereocenters. The summed E-state index contributed by atoms with van der Waals surface area (Å²) in [5.41, 5.74) is 1.09. The maximum atomic E-state index is 11.3. The molecular formula is C14H23IN2O3. The lowest BCUT2D eigenvalue weighted by molar-refractivity contribution is -0.900. The quantitative estimate of drug-likeness (QED) is 0.537. The Labute approximate surface area is 137 Å². The van der Waals surface area contributed by atoms with Crippen LogP contribution in [0.3, 0.4) is 0 Å². The van der Waals surface area contributed by atoms with Crippen LogP contribution in [0.1, 0.15) is 18.5 Å². The van der Waals surface area contributed by atoms with Crippen molar-refractivity contribution < 1.29 is 42.7 Å². The van der Waals surface area contributed by atoms with Crippen LogP contribution in [0.4, 0.5) is 4.79 Å². The van der Waals surface area contributed by atoms with E-state index in [0.29, 0.717) is 11.5 Å². The first kappa shape index (κ1) is 19.0. The molecule has 0 saturated heterocycles. The fraction of sp³-hybridized carbons (Fsp3) is 0.500. The third-order valence-electron chi connectivity index (χ3n) is 3.24. The number of hydrogen-bond acceptors (Lipinski definition) is 3. The molecular weight excluding hydrogens is 371 g/mol. The molecule has 0 bridgehead atoms. The molecule has 1 unspecified atom stereocenters. The van der Waals surface area contributed by atoms with Gasteiger partial charge in [0.05, 0.1) is 28.3 Å². The lowest BCUT2D eigenvalue weighted by Crippen LogP contribution is -3.00. The van der Waals surface area contributed by atoms with Gasteiger partial charge in [-0.2, -0.15) is 0 Å². The lowest BCUT2D eigenvalue weighted by Gasteiger charge is -2.32. The van der Waals surface area contributed by atoms with Gasteiger partial charge >= 0.3 is 6.09 Å². The standard InChI is InChI=1S/C14H22N2O3.HI/c1-10(16(3,4)5)11-7-8-12(18-6)13(9-11)19-14(17)15-2;/h7-10H,1-6H3;1H. The highest BCUT2D eigenvalue weighted by molar-refractivity contribution is 5.71. The summed E-state index contributed by atoms with van der Waals surface area (Å²) in [4.78, 5) is 11.3. The highest BCUT2D eigenvalue weighted by Gasteiger charge is 2.22. The zero-order valence-electron chi connectivity index (χ0n) is 12.9. The van der Waals surface area contributed by atoms with Crippen molar-refractivity contribution in [2.75, 3.05) is 35.3 Å². The molecule has 0 fully saturated rings. The first-order chi connectivity index (χ1) is 8.79. The third kappa shape index (κ3) is 4.82. The van der Waals surface area contributed by atoms with Gasteiger partial charge in [0, 0.05) is 12.6 Å². The Hall–Kier alpha value is -1.02. The van der Waals surface area contributed by atoms with Crippen molar-refractivity contribution >= 4 is 6.09 Å². The maximum Gasteiger partial charge on any atom is 0.412 e. The molecule has 0 saturated carbocycles. The SMILES string of the molecule is CNC(=O)Oc1cc(C(C)[N+](C)(C)C)ccc1OC.[I-]. The Morgan fingerprint density at radius 2 is 1.85 bits per heavy atom. The van der Waals surface area contributed by atoms with E-state index >= 15 is 0 Å². The van der Waals surface area contributed by atoms with Crippen LogP contribution in [0, 0.1) is 0 Å². The average Bonchev–Trinajstić information content (AvgIpc) is 2.36. The summed E-state index contributed by atoms with van der Waals surface area (Å²) in [5, 5.41) is 2.42. The highest BCUT2D eigenvalue weighted by atomic mass is 127. The number of nitrogens with zero attached hydrogens (tertiary/aromatic N) is 1. The first-order valence-electron chi connectivity index (χ1n) is 6.18. The fourth-order valence-corrected chi connectivity index (χ4v) is 1.63. The summed E-state index contributed by atoms with van der Waals surface area (Å²) in [6, 6.07) is 5.93. The molecule has 114 valence electrons. The number of benzene rings is 1. The van der Waals surface area contributed by atoms with E-state index in [4.69, 9.17) is 9.47 Å². The Morgan fingerprint density at radius 1 is 1.25 bits per heavy atom. The van der Waals surface area contributed by atoms with Crippen LogP contribution in [-0.4, -0.2) is 45.9 Å². The summed E-state index contributed by atoms with van der Waals surface area (Å²) in [6.45, 7) is 2.13. The van der Waals surface area contributed by atoms with Crippen molar-refractivity contribution in [3.63, 3.8) is 0 Å². The smallest absolute Gasteiger partial charge is 0.412 e. The molecule has 20 heavy (non-hydrogen) atoms. The zero-order chi connectivity index (χ0) is 14.6. The molecule has 0 spiro atoms. The van der Waals surface area contributed by atoms with Gasteiger partial charge in [-0.15, -0.1) is 0 Å². The van der Waals surface area contributed by atoms with Crippen LogP contribution < -0.4 is 38.8 Å². The van der Waals surface area contributed by atoms with Gasteiger partial charge in [-0.05, 0) is 25.1 Å². The second-order valence-corrected chi connectivity index (χ2v) is 5.34. The van der Waals surface area contributed by atoms with Gasteiger partial charge in [0.25, 0.3) is 0 Å². The topological polar surface area (TPSA) is 47.6 Å². The summed E-state index contributed by atoms with van der Waals surface area (Å²) < 4.78 is 11.2. The van der Waals surface area contributed by atoms with Crippen LogP contribution >= 0.6 is 0 Å². The minimum atomic E-state index is -0.506. The Balaban J connectivity index is 0.00000361. The van der Waals surface area contributed by atoms with Crippen molar-refractivity contribution in [3.8, 4) is 11.5 Å². The van der Waals surface area contributed by atoms with E-state index in [1.165, 1.54) is 7.05 Å². The second kappa shape index (κ2) is 7.68. The Kier molecular flexibility index (Phi) is 7.29. The summed E-state index contributed by atoms with van der Waals surface area (Å²) >= 11 is 0. The summed E-state index contributed by atoms with van der Waals surface area (Å²) in [7, 11) is 9.43. The average molecular weight is 394 g/mol. The summed E-state index contributed by atoms with van der Waals surface area (Å²) in [6.07, 6.45) is -0.506. The van der Waals surface area contributed by atoms with E-state index in [9.17, 15) is 4.79 Å². The molecule has 0 aliphatic heterocycles. The van der Waals surface area contributed by atoms with E-state index < -0.39 is 6.09 Å². The number of halogens is 1. The molecule has 0 radical (unpaired) electrons. The predicted molar refractivity (Wildman–Crippen MR) is 74.5 cm³/mol. The van der Waals surface area contributed by atoms with Crippen LogP contribution in [-0.2, 0) is 0 Å².